The maximum absolute atomic E-state index is 12.5. The highest BCUT2D eigenvalue weighted by molar-refractivity contribution is 6.34. The van der Waals surface area contributed by atoms with E-state index in [1.807, 2.05) is 0 Å². The summed E-state index contributed by atoms with van der Waals surface area (Å²) in [5.41, 5.74) is 1.13. The van der Waals surface area contributed by atoms with E-state index in [0.29, 0.717) is 10.7 Å². The molecule has 1 amide bonds. The normalized spacial score (nSPS) is 13.8. The molecule has 24 heavy (non-hydrogen) atoms. The number of benzene rings is 2. The summed E-state index contributed by atoms with van der Waals surface area (Å²) >= 11 is 6.32. The van der Waals surface area contributed by atoms with Gasteiger partial charge in [-0.3, -0.25) is 14.9 Å². The Morgan fingerprint density at radius 2 is 1.83 bits per heavy atom. The van der Waals surface area contributed by atoms with Crippen molar-refractivity contribution in [1.82, 2.24) is 0 Å². The van der Waals surface area contributed by atoms with Gasteiger partial charge in [0.25, 0.3) is 11.6 Å². The number of hydrogen-bond donors (Lipinski definition) is 1. The second-order valence-corrected chi connectivity index (χ2v) is 5.97. The molecule has 1 N–H and O–H groups in total. The van der Waals surface area contributed by atoms with E-state index < -0.39 is 10.8 Å². The Balaban J connectivity index is 1.93. The van der Waals surface area contributed by atoms with Gasteiger partial charge in [0.2, 0.25) is 0 Å². The Morgan fingerprint density at radius 3 is 2.54 bits per heavy atom. The van der Waals surface area contributed by atoms with Crippen LogP contribution in [0.3, 0.4) is 0 Å². The molecule has 0 spiro atoms. The van der Waals surface area contributed by atoms with Gasteiger partial charge in [-0.05, 0) is 31.0 Å². The topological polar surface area (TPSA) is 75.5 Å². The summed E-state index contributed by atoms with van der Waals surface area (Å²) in [5.74, 6) is -0.523. The highest BCUT2D eigenvalue weighted by atomic mass is 35.5. The van der Waals surface area contributed by atoms with Crippen LogP contribution in [0, 0.1) is 10.1 Å². The van der Waals surface area contributed by atoms with E-state index in [1.165, 1.54) is 18.2 Å². The van der Waals surface area contributed by atoms with Crippen LogP contribution in [0.4, 0.5) is 17.1 Å². The molecule has 1 aliphatic heterocycles. The summed E-state index contributed by atoms with van der Waals surface area (Å²) in [6.45, 7) is 1.75. The largest absolute Gasteiger partial charge is 0.369 e. The molecule has 0 aromatic heterocycles. The minimum Gasteiger partial charge on any atom is -0.369 e. The first-order chi connectivity index (χ1) is 11.6. The van der Waals surface area contributed by atoms with Crippen LogP contribution < -0.4 is 10.2 Å². The van der Waals surface area contributed by atoms with Gasteiger partial charge in [-0.15, -0.1) is 0 Å². The molecule has 1 heterocycles. The molecule has 1 saturated heterocycles. The lowest BCUT2D eigenvalue weighted by molar-refractivity contribution is -0.385. The fourth-order valence-corrected chi connectivity index (χ4v) is 3.19. The van der Waals surface area contributed by atoms with Gasteiger partial charge in [-0.25, -0.2) is 0 Å². The molecule has 1 fully saturated rings. The third kappa shape index (κ3) is 3.19. The standard InChI is InChI=1S/C17H16ClN3O3/c18-13-7-5-8-14(16(13)20-10-3-4-11-20)19-17(22)12-6-1-2-9-15(12)21(23)24/h1-2,5-9H,3-4,10-11H2,(H,19,22). The van der Waals surface area contributed by atoms with Crippen molar-refractivity contribution in [2.45, 2.75) is 12.8 Å². The van der Waals surface area contributed by atoms with E-state index in [1.54, 1.807) is 24.3 Å². The molecule has 0 radical (unpaired) electrons. The zero-order chi connectivity index (χ0) is 17.1. The van der Waals surface area contributed by atoms with Crippen molar-refractivity contribution in [3.05, 3.63) is 63.2 Å². The van der Waals surface area contributed by atoms with Gasteiger partial charge in [0.05, 0.1) is 21.3 Å². The summed E-state index contributed by atoms with van der Waals surface area (Å²) < 4.78 is 0. The van der Waals surface area contributed by atoms with Crippen LogP contribution in [0.25, 0.3) is 0 Å². The summed E-state index contributed by atoms with van der Waals surface area (Å²) in [6, 6.07) is 11.2. The highest BCUT2D eigenvalue weighted by Crippen LogP contribution is 2.36. The Hall–Kier alpha value is -2.60. The number of halogens is 1. The fraction of sp³-hybridized carbons (Fsp3) is 0.235. The van der Waals surface area contributed by atoms with Crippen molar-refractivity contribution >= 4 is 34.6 Å². The van der Waals surface area contributed by atoms with Gasteiger partial charge in [0, 0.05) is 19.2 Å². The van der Waals surface area contributed by atoms with Gasteiger partial charge in [0.15, 0.2) is 0 Å². The zero-order valence-electron chi connectivity index (χ0n) is 12.9. The number of nitro groups is 1. The molecule has 2 aromatic rings. The fourth-order valence-electron chi connectivity index (χ4n) is 2.89. The number of para-hydroxylation sites is 2. The molecule has 0 unspecified atom stereocenters. The molecule has 2 aromatic carbocycles. The smallest absolute Gasteiger partial charge is 0.282 e. The number of nitro benzene ring substituents is 1. The number of anilines is 2. The summed E-state index contributed by atoms with van der Waals surface area (Å²) in [6.07, 6.45) is 2.14. The van der Waals surface area contributed by atoms with E-state index >= 15 is 0 Å². The van der Waals surface area contributed by atoms with Gasteiger partial charge in [-0.2, -0.15) is 0 Å². The van der Waals surface area contributed by atoms with E-state index in [0.717, 1.165) is 31.6 Å². The summed E-state index contributed by atoms with van der Waals surface area (Å²) in [7, 11) is 0. The predicted molar refractivity (Wildman–Crippen MR) is 93.9 cm³/mol. The Labute approximate surface area is 144 Å². The lowest BCUT2D eigenvalue weighted by Gasteiger charge is -2.23. The first kappa shape index (κ1) is 16.3. The van der Waals surface area contributed by atoms with Crippen molar-refractivity contribution in [2.24, 2.45) is 0 Å². The maximum atomic E-state index is 12.5. The van der Waals surface area contributed by atoms with Gasteiger partial charge in [-0.1, -0.05) is 29.8 Å². The van der Waals surface area contributed by atoms with Crippen molar-refractivity contribution < 1.29 is 9.72 Å². The van der Waals surface area contributed by atoms with Crippen LogP contribution >= 0.6 is 11.6 Å². The minimum atomic E-state index is -0.561. The second-order valence-electron chi connectivity index (χ2n) is 5.56. The molecule has 6 nitrogen and oxygen atoms in total. The zero-order valence-corrected chi connectivity index (χ0v) is 13.6. The predicted octanol–water partition coefficient (Wildman–Crippen LogP) is 4.10. The van der Waals surface area contributed by atoms with Crippen molar-refractivity contribution in [2.75, 3.05) is 23.3 Å². The van der Waals surface area contributed by atoms with Crippen LogP contribution in [0.5, 0.6) is 0 Å². The second kappa shape index (κ2) is 6.88. The maximum Gasteiger partial charge on any atom is 0.282 e. The van der Waals surface area contributed by atoms with Gasteiger partial charge < -0.3 is 10.2 Å². The lowest BCUT2D eigenvalue weighted by atomic mass is 10.1. The average molecular weight is 346 g/mol. The van der Waals surface area contributed by atoms with E-state index in [9.17, 15) is 14.9 Å². The third-order valence-electron chi connectivity index (χ3n) is 4.00. The summed E-state index contributed by atoms with van der Waals surface area (Å²) in [5, 5.41) is 14.4. The quantitative estimate of drug-likeness (QED) is 0.668. The van der Waals surface area contributed by atoms with Gasteiger partial charge >= 0.3 is 0 Å². The minimum absolute atomic E-state index is 0.0230. The number of nitrogens with one attached hydrogen (secondary N) is 1. The third-order valence-corrected chi connectivity index (χ3v) is 4.31. The van der Waals surface area contributed by atoms with Crippen molar-refractivity contribution in [3.8, 4) is 0 Å². The number of rotatable bonds is 4. The van der Waals surface area contributed by atoms with Crippen LogP contribution in [0.2, 0.25) is 5.02 Å². The first-order valence-electron chi connectivity index (χ1n) is 7.66. The van der Waals surface area contributed by atoms with E-state index in [4.69, 9.17) is 11.6 Å². The number of carbonyl (C=O) groups is 1. The molecule has 3 rings (SSSR count). The molecule has 0 aliphatic carbocycles. The van der Waals surface area contributed by atoms with Gasteiger partial charge in [0.1, 0.15) is 5.56 Å². The Kier molecular flexibility index (Phi) is 4.66. The van der Waals surface area contributed by atoms with Crippen LogP contribution in [-0.2, 0) is 0 Å². The SMILES string of the molecule is O=C(Nc1cccc(Cl)c1N1CCCC1)c1ccccc1[N+](=O)[O-]. The molecular formula is C17H16ClN3O3. The van der Waals surface area contributed by atoms with Crippen molar-refractivity contribution in [1.29, 1.82) is 0 Å². The number of hydrogen-bond acceptors (Lipinski definition) is 4. The molecular weight excluding hydrogens is 330 g/mol. The van der Waals surface area contributed by atoms with Crippen LogP contribution in [-0.4, -0.2) is 23.9 Å². The number of amides is 1. The van der Waals surface area contributed by atoms with Crippen LogP contribution in [0.15, 0.2) is 42.5 Å². The molecule has 7 heteroatoms. The molecule has 0 atom stereocenters. The highest BCUT2D eigenvalue weighted by Gasteiger charge is 2.23. The lowest BCUT2D eigenvalue weighted by Crippen LogP contribution is -2.22. The number of nitrogens with zero attached hydrogens (tertiary/aromatic N) is 2. The van der Waals surface area contributed by atoms with E-state index in [2.05, 4.69) is 10.2 Å². The summed E-state index contributed by atoms with van der Waals surface area (Å²) in [4.78, 5) is 25.2. The molecule has 1 aliphatic rings. The molecule has 0 bridgehead atoms. The molecule has 0 saturated carbocycles. The Morgan fingerprint density at radius 1 is 1.12 bits per heavy atom. The Bertz CT molecular complexity index is 788. The molecule has 124 valence electrons. The average Bonchev–Trinajstić information content (AvgIpc) is 3.09. The first-order valence-corrected chi connectivity index (χ1v) is 8.04. The van der Waals surface area contributed by atoms with E-state index in [-0.39, 0.29) is 11.3 Å². The van der Waals surface area contributed by atoms with Crippen molar-refractivity contribution in [3.63, 3.8) is 0 Å². The number of carbonyl (C=O) groups excluding carboxylic acids is 1. The monoisotopic (exact) mass is 345 g/mol. The van der Waals surface area contributed by atoms with Crippen LogP contribution in [0.1, 0.15) is 23.2 Å².